The molecule has 15 heavy (non-hydrogen) atoms. The standard InChI is InChI=1S/C11H13N2O2/c1-13(2)11(15)10(12-8-14)9-6-4-3-5-7-9/h3-7,10H,1-2H3,(H,12,14). The number of carbonyl (C=O) groups is 1. The number of hydrogen-bond acceptors (Lipinski definition) is 2. The van der Waals surface area contributed by atoms with Crippen molar-refractivity contribution in [2.24, 2.45) is 0 Å². The molecule has 1 aromatic rings. The maximum absolute atomic E-state index is 11.7. The monoisotopic (exact) mass is 205 g/mol. The highest BCUT2D eigenvalue weighted by atomic mass is 16.2. The smallest absolute Gasteiger partial charge is 0.310 e. The molecule has 0 bridgehead atoms. The van der Waals surface area contributed by atoms with Gasteiger partial charge in [0.25, 0.3) is 0 Å². The van der Waals surface area contributed by atoms with Gasteiger partial charge in [-0.2, -0.15) is 0 Å². The fraction of sp³-hybridized carbons (Fsp3) is 0.273. The maximum Gasteiger partial charge on any atom is 0.310 e. The first kappa shape index (κ1) is 11.2. The molecule has 0 heterocycles. The minimum Gasteiger partial charge on any atom is -0.347 e. The van der Waals surface area contributed by atoms with Gasteiger partial charge in [-0.3, -0.25) is 9.59 Å². The van der Waals surface area contributed by atoms with Crippen LogP contribution in [0.3, 0.4) is 0 Å². The summed E-state index contributed by atoms with van der Waals surface area (Å²) in [5.41, 5.74) is 0.750. The van der Waals surface area contributed by atoms with Crippen molar-refractivity contribution in [2.75, 3.05) is 14.1 Å². The molecule has 0 aliphatic rings. The Bertz CT molecular complexity index is 336. The number of nitrogens with zero attached hydrogens (tertiary/aromatic N) is 1. The van der Waals surface area contributed by atoms with Crippen molar-refractivity contribution in [3.8, 4) is 0 Å². The molecule has 1 N–H and O–H groups in total. The molecule has 1 unspecified atom stereocenters. The molecule has 0 fully saturated rings. The fourth-order valence-corrected chi connectivity index (χ4v) is 1.25. The van der Waals surface area contributed by atoms with Gasteiger partial charge in [0, 0.05) is 14.1 Å². The minimum absolute atomic E-state index is 0.176. The molecule has 0 aromatic heterocycles. The Balaban J connectivity index is 2.93. The van der Waals surface area contributed by atoms with Crippen LogP contribution in [0.1, 0.15) is 11.6 Å². The van der Waals surface area contributed by atoms with Crippen LogP contribution in [0.5, 0.6) is 0 Å². The predicted octanol–water partition coefficient (Wildman–Crippen LogP) is 0.473. The van der Waals surface area contributed by atoms with Crippen molar-refractivity contribution in [3.63, 3.8) is 0 Å². The Morgan fingerprint density at radius 1 is 1.33 bits per heavy atom. The quantitative estimate of drug-likeness (QED) is 0.726. The Morgan fingerprint density at radius 2 is 1.93 bits per heavy atom. The molecule has 1 rings (SSSR count). The summed E-state index contributed by atoms with van der Waals surface area (Å²) in [6, 6.07) is 8.41. The highest BCUT2D eigenvalue weighted by Crippen LogP contribution is 2.13. The van der Waals surface area contributed by atoms with E-state index >= 15 is 0 Å². The van der Waals surface area contributed by atoms with E-state index in [1.165, 1.54) is 4.90 Å². The van der Waals surface area contributed by atoms with E-state index in [0.717, 1.165) is 5.56 Å². The van der Waals surface area contributed by atoms with Gasteiger partial charge in [-0.15, -0.1) is 0 Å². The second-order valence-electron chi connectivity index (χ2n) is 3.32. The summed E-state index contributed by atoms with van der Waals surface area (Å²) >= 11 is 0. The lowest BCUT2D eigenvalue weighted by Gasteiger charge is -2.19. The van der Waals surface area contributed by atoms with Gasteiger partial charge in [-0.1, -0.05) is 30.3 Å². The van der Waals surface area contributed by atoms with Crippen LogP contribution in [0.4, 0.5) is 0 Å². The Labute approximate surface area is 88.9 Å². The van der Waals surface area contributed by atoms with Crippen LogP contribution in [0.2, 0.25) is 0 Å². The summed E-state index contributed by atoms with van der Waals surface area (Å²) < 4.78 is 0. The van der Waals surface area contributed by atoms with E-state index in [0.29, 0.717) is 0 Å². The highest BCUT2D eigenvalue weighted by molar-refractivity contribution is 5.84. The highest BCUT2D eigenvalue weighted by Gasteiger charge is 2.21. The average molecular weight is 205 g/mol. The van der Waals surface area contributed by atoms with Crippen molar-refractivity contribution in [1.29, 1.82) is 0 Å². The van der Waals surface area contributed by atoms with Gasteiger partial charge in [-0.25, -0.2) is 0 Å². The zero-order chi connectivity index (χ0) is 11.3. The lowest BCUT2D eigenvalue weighted by Crippen LogP contribution is -2.36. The maximum atomic E-state index is 11.7. The van der Waals surface area contributed by atoms with Gasteiger partial charge in [0.05, 0.1) is 0 Å². The number of hydrogen-bond donors (Lipinski definition) is 1. The predicted molar refractivity (Wildman–Crippen MR) is 56.7 cm³/mol. The number of likely N-dealkylation sites (N-methyl/N-ethyl adjacent to an activating group) is 1. The van der Waals surface area contributed by atoms with E-state index in [1.807, 2.05) is 18.2 Å². The van der Waals surface area contributed by atoms with Gasteiger partial charge >= 0.3 is 6.41 Å². The van der Waals surface area contributed by atoms with Crippen LogP contribution >= 0.6 is 0 Å². The van der Waals surface area contributed by atoms with Crippen molar-refractivity contribution in [2.45, 2.75) is 6.04 Å². The lowest BCUT2D eigenvalue weighted by molar-refractivity contribution is -0.130. The van der Waals surface area contributed by atoms with Crippen molar-refractivity contribution in [1.82, 2.24) is 10.2 Å². The molecule has 1 atom stereocenters. The normalized spacial score (nSPS) is 11.6. The fourth-order valence-electron chi connectivity index (χ4n) is 1.25. The van der Waals surface area contributed by atoms with Gasteiger partial charge in [0.15, 0.2) is 0 Å². The molecule has 0 saturated carbocycles. The Morgan fingerprint density at radius 3 is 2.40 bits per heavy atom. The van der Waals surface area contributed by atoms with Crippen LogP contribution in [-0.2, 0) is 9.59 Å². The van der Waals surface area contributed by atoms with Crippen LogP contribution < -0.4 is 5.32 Å². The number of nitrogens with one attached hydrogen (secondary N) is 1. The molecule has 4 nitrogen and oxygen atoms in total. The second kappa shape index (κ2) is 5.14. The van der Waals surface area contributed by atoms with Gasteiger partial charge < -0.3 is 10.2 Å². The Hall–Kier alpha value is -1.84. The van der Waals surface area contributed by atoms with E-state index in [2.05, 4.69) is 5.32 Å². The van der Waals surface area contributed by atoms with Gasteiger partial charge in [-0.05, 0) is 5.56 Å². The molecular formula is C11H13N2O2. The molecule has 0 spiro atoms. The first-order valence-electron chi connectivity index (χ1n) is 4.55. The molecule has 1 radical (unpaired) electrons. The molecule has 1 aromatic carbocycles. The summed E-state index contributed by atoms with van der Waals surface area (Å²) in [7, 11) is 3.29. The zero-order valence-electron chi connectivity index (χ0n) is 8.73. The number of rotatable bonds is 4. The number of amides is 2. The SMILES string of the molecule is CN(C)C(=O)C(N[C]=O)c1ccccc1. The summed E-state index contributed by atoms with van der Waals surface area (Å²) in [4.78, 5) is 23.5. The summed E-state index contributed by atoms with van der Waals surface area (Å²) in [5, 5.41) is 2.38. The van der Waals surface area contributed by atoms with Crippen molar-refractivity contribution < 1.29 is 9.59 Å². The molecule has 0 aliphatic carbocycles. The molecule has 2 amide bonds. The average Bonchev–Trinajstić information content (AvgIpc) is 2.26. The molecule has 4 heteroatoms. The largest absolute Gasteiger partial charge is 0.347 e. The summed E-state index contributed by atoms with van der Waals surface area (Å²) in [6.45, 7) is 0. The minimum atomic E-state index is -0.654. The van der Waals surface area contributed by atoms with Gasteiger partial charge in [0.1, 0.15) is 6.04 Å². The van der Waals surface area contributed by atoms with Crippen LogP contribution in [0.15, 0.2) is 30.3 Å². The van der Waals surface area contributed by atoms with E-state index < -0.39 is 6.04 Å². The van der Waals surface area contributed by atoms with E-state index in [4.69, 9.17) is 0 Å². The Kier molecular flexibility index (Phi) is 3.85. The van der Waals surface area contributed by atoms with E-state index in [9.17, 15) is 9.59 Å². The molecule has 0 saturated heterocycles. The summed E-state index contributed by atoms with van der Waals surface area (Å²) in [5.74, 6) is -0.176. The number of benzene rings is 1. The third-order valence-corrected chi connectivity index (χ3v) is 2.02. The van der Waals surface area contributed by atoms with Crippen LogP contribution in [0.25, 0.3) is 0 Å². The first-order valence-corrected chi connectivity index (χ1v) is 4.55. The number of carbonyl (C=O) groups excluding carboxylic acids is 2. The van der Waals surface area contributed by atoms with E-state index in [-0.39, 0.29) is 5.91 Å². The van der Waals surface area contributed by atoms with Gasteiger partial charge in [0.2, 0.25) is 5.91 Å². The molecular weight excluding hydrogens is 192 g/mol. The third kappa shape index (κ3) is 2.80. The topological polar surface area (TPSA) is 49.4 Å². The third-order valence-electron chi connectivity index (χ3n) is 2.02. The first-order chi connectivity index (χ1) is 7.16. The van der Waals surface area contributed by atoms with Crippen LogP contribution in [-0.4, -0.2) is 31.3 Å². The van der Waals surface area contributed by atoms with Crippen molar-refractivity contribution >= 4 is 12.3 Å². The second-order valence-corrected chi connectivity index (χ2v) is 3.32. The van der Waals surface area contributed by atoms with Crippen molar-refractivity contribution in [3.05, 3.63) is 35.9 Å². The molecule has 79 valence electrons. The molecule has 0 aliphatic heterocycles. The van der Waals surface area contributed by atoms with E-state index in [1.54, 1.807) is 32.6 Å². The zero-order valence-corrected chi connectivity index (χ0v) is 8.73. The summed E-state index contributed by atoms with van der Waals surface area (Å²) in [6.07, 6.45) is 1.55. The van der Waals surface area contributed by atoms with Crippen LogP contribution in [0, 0.1) is 0 Å². The lowest BCUT2D eigenvalue weighted by atomic mass is 10.1.